The monoisotopic (exact) mass is 449 g/mol. The lowest BCUT2D eigenvalue weighted by Gasteiger charge is -2.18. The number of fused-ring (bicyclic) bond motifs is 1. The van der Waals surface area contributed by atoms with Crippen LogP contribution in [0.25, 0.3) is 21.3 Å². The molecular formula is C25H24FN3O2S. The summed E-state index contributed by atoms with van der Waals surface area (Å²) in [7, 11) is 0. The predicted molar refractivity (Wildman–Crippen MR) is 128 cm³/mol. The van der Waals surface area contributed by atoms with Gasteiger partial charge in [-0.3, -0.25) is 14.2 Å². The number of hydrogen-bond acceptors (Lipinski definition) is 4. The molecule has 0 saturated carbocycles. The molecule has 0 aliphatic heterocycles. The van der Waals surface area contributed by atoms with Crippen molar-refractivity contribution in [1.82, 2.24) is 9.55 Å². The van der Waals surface area contributed by atoms with E-state index in [0.717, 1.165) is 27.1 Å². The van der Waals surface area contributed by atoms with E-state index in [1.54, 1.807) is 12.1 Å². The van der Waals surface area contributed by atoms with Gasteiger partial charge in [0.15, 0.2) is 0 Å². The first-order valence-electron chi connectivity index (χ1n) is 10.4. The van der Waals surface area contributed by atoms with Crippen LogP contribution < -0.4 is 10.9 Å². The van der Waals surface area contributed by atoms with Gasteiger partial charge in [0.25, 0.3) is 5.56 Å². The summed E-state index contributed by atoms with van der Waals surface area (Å²) in [6, 6.07) is 11.2. The molecule has 164 valence electrons. The lowest BCUT2D eigenvalue weighted by Crippen LogP contribution is -2.33. The summed E-state index contributed by atoms with van der Waals surface area (Å²) in [4.78, 5) is 32.7. The van der Waals surface area contributed by atoms with Gasteiger partial charge >= 0.3 is 0 Å². The molecule has 4 aromatic rings. The van der Waals surface area contributed by atoms with Crippen LogP contribution in [0.3, 0.4) is 0 Å². The number of aryl methyl sites for hydroxylation is 3. The number of nitrogens with one attached hydrogen (secondary N) is 1. The summed E-state index contributed by atoms with van der Waals surface area (Å²) in [5.74, 6) is -0.605. The van der Waals surface area contributed by atoms with E-state index in [1.807, 2.05) is 45.9 Å². The zero-order chi connectivity index (χ0) is 23.0. The molecular weight excluding hydrogens is 425 g/mol. The number of anilines is 1. The second kappa shape index (κ2) is 8.67. The molecule has 4 rings (SSSR count). The summed E-state index contributed by atoms with van der Waals surface area (Å²) < 4.78 is 14.8. The SMILES string of the molecule is CCC(C(=O)Nc1cc(C)cc(C)c1)n1cnc2sc(C)c(-c3ccc(F)cc3)c2c1=O. The second-order valence-electron chi connectivity index (χ2n) is 7.97. The van der Waals surface area contributed by atoms with E-state index in [0.29, 0.717) is 22.3 Å². The molecule has 1 atom stereocenters. The lowest BCUT2D eigenvalue weighted by molar-refractivity contribution is -0.119. The van der Waals surface area contributed by atoms with Gasteiger partial charge in [0.05, 0.1) is 11.7 Å². The molecule has 0 fully saturated rings. The Morgan fingerprint density at radius 2 is 1.78 bits per heavy atom. The summed E-state index contributed by atoms with van der Waals surface area (Å²) in [5.41, 5.74) is 4.01. The van der Waals surface area contributed by atoms with E-state index < -0.39 is 6.04 Å². The third-order valence-electron chi connectivity index (χ3n) is 5.46. The first kappa shape index (κ1) is 21.9. The second-order valence-corrected chi connectivity index (χ2v) is 9.17. The van der Waals surface area contributed by atoms with Crippen LogP contribution in [-0.4, -0.2) is 15.5 Å². The number of hydrogen-bond donors (Lipinski definition) is 1. The predicted octanol–water partition coefficient (Wildman–Crippen LogP) is 5.78. The van der Waals surface area contributed by atoms with E-state index in [9.17, 15) is 14.0 Å². The van der Waals surface area contributed by atoms with Gasteiger partial charge in [-0.1, -0.05) is 25.1 Å². The van der Waals surface area contributed by atoms with Crippen LogP contribution >= 0.6 is 11.3 Å². The minimum absolute atomic E-state index is 0.268. The molecule has 0 aliphatic rings. The minimum atomic E-state index is -0.707. The Bertz CT molecular complexity index is 1350. The number of thiophene rings is 1. The third-order valence-corrected chi connectivity index (χ3v) is 6.47. The molecule has 0 aliphatic carbocycles. The topological polar surface area (TPSA) is 64.0 Å². The van der Waals surface area contributed by atoms with Gasteiger partial charge in [-0.05, 0) is 68.1 Å². The molecule has 0 spiro atoms. The highest BCUT2D eigenvalue weighted by atomic mass is 32.1. The highest BCUT2D eigenvalue weighted by Gasteiger charge is 2.24. The zero-order valence-electron chi connectivity index (χ0n) is 18.4. The van der Waals surface area contributed by atoms with Crippen LogP contribution in [0.15, 0.2) is 53.6 Å². The largest absolute Gasteiger partial charge is 0.324 e. The summed E-state index contributed by atoms with van der Waals surface area (Å²) >= 11 is 1.42. The van der Waals surface area contributed by atoms with Crippen LogP contribution in [0.5, 0.6) is 0 Å². The van der Waals surface area contributed by atoms with Gasteiger partial charge in [0, 0.05) is 16.1 Å². The Balaban J connectivity index is 1.78. The van der Waals surface area contributed by atoms with Gasteiger partial charge in [0.2, 0.25) is 5.91 Å². The number of rotatable bonds is 5. The molecule has 0 saturated heterocycles. The van der Waals surface area contributed by atoms with E-state index in [1.165, 1.54) is 34.4 Å². The van der Waals surface area contributed by atoms with Crippen LogP contribution in [0, 0.1) is 26.6 Å². The van der Waals surface area contributed by atoms with Gasteiger partial charge in [-0.15, -0.1) is 11.3 Å². The van der Waals surface area contributed by atoms with Gasteiger partial charge in [-0.2, -0.15) is 0 Å². The van der Waals surface area contributed by atoms with Crippen LogP contribution in [0.1, 0.15) is 35.4 Å². The molecule has 1 unspecified atom stereocenters. The standard InChI is InChI=1S/C25H24FN3O2S/c1-5-20(23(30)28-19-11-14(2)10-15(3)12-19)29-13-27-24-22(25(29)31)21(16(4)32-24)17-6-8-18(26)9-7-17/h6-13,20H,5H2,1-4H3,(H,28,30). The highest BCUT2D eigenvalue weighted by molar-refractivity contribution is 7.19. The molecule has 1 amide bonds. The van der Waals surface area contributed by atoms with Crippen molar-refractivity contribution >= 4 is 33.1 Å². The molecule has 2 heterocycles. The van der Waals surface area contributed by atoms with Gasteiger partial charge < -0.3 is 5.32 Å². The number of aromatic nitrogens is 2. The van der Waals surface area contributed by atoms with Crippen LogP contribution in [0.2, 0.25) is 0 Å². The number of amides is 1. The smallest absolute Gasteiger partial charge is 0.263 e. The Labute approximate surface area is 189 Å². The van der Waals surface area contributed by atoms with Crippen molar-refractivity contribution in [3.8, 4) is 11.1 Å². The van der Waals surface area contributed by atoms with Crippen molar-refractivity contribution in [2.75, 3.05) is 5.32 Å². The fraction of sp³-hybridized carbons (Fsp3) is 0.240. The average molecular weight is 450 g/mol. The van der Waals surface area contributed by atoms with Crippen molar-refractivity contribution in [3.05, 3.63) is 81.0 Å². The number of carbonyl (C=O) groups is 1. The zero-order valence-corrected chi connectivity index (χ0v) is 19.2. The van der Waals surface area contributed by atoms with E-state index in [-0.39, 0.29) is 17.3 Å². The lowest BCUT2D eigenvalue weighted by atomic mass is 10.0. The molecule has 7 heteroatoms. The number of carbonyl (C=O) groups excluding carboxylic acids is 1. The van der Waals surface area contributed by atoms with Crippen LogP contribution in [0.4, 0.5) is 10.1 Å². The van der Waals surface area contributed by atoms with Gasteiger partial charge in [0.1, 0.15) is 16.7 Å². The third kappa shape index (κ3) is 4.08. The number of nitrogens with zero attached hydrogens (tertiary/aromatic N) is 2. The molecule has 1 N–H and O–H groups in total. The molecule has 2 aromatic carbocycles. The molecule has 0 radical (unpaired) electrons. The van der Waals surface area contributed by atoms with Crippen molar-refractivity contribution < 1.29 is 9.18 Å². The fourth-order valence-corrected chi connectivity index (χ4v) is 5.09. The first-order valence-corrected chi connectivity index (χ1v) is 11.3. The highest BCUT2D eigenvalue weighted by Crippen LogP contribution is 2.35. The van der Waals surface area contributed by atoms with E-state index in [2.05, 4.69) is 10.3 Å². The Morgan fingerprint density at radius 1 is 1.12 bits per heavy atom. The minimum Gasteiger partial charge on any atom is -0.324 e. The first-order chi connectivity index (χ1) is 15.3. The van der Waals surface area contributed by atoms with Crippen molar-refractivity contribution in [3.63, 3.8) is 0 Å². The maximum atomic E-state index is 13.5. The Hall–Kier alpha value is -3.32. The molecule has 2 aromatic heterocycles. The molecule has 5 nitrogen and oxygen atoms in total. The van der Waals surface area contributed by atoms with Crippen molar-refractivity contribution in [2.24, 2.45) is 0 Å². The summed E-state index contributed by atoms with van der Waals surface area (Å²) in [5, 5.41) is 3.40. The Kier molecular flexibility index (Phi) is 5.93. The normalized spacial score (nSPS) is 12.2. The van der Waals surface area contributed by atoms with Crippen molar-refractivity contribution in [1.29, 1.82) is 0 Å². The number of benzene rings is 2. The fourth-order valence-electron chi connectivity index (χ4n) is 4.08. The molecule has 0 bridgehead atoms. The molecule has 32 heavy (non-hydrogen) atoms. The maximum Gasteiger partial charge on any atom is 0.263 e. The van der Waals surface area contributed by atoms with E-state index in [4.69, 9.17) is 0 Å². The van der Waals surface area contributed by atoms with E-state index >= 15 is 0 Å². The quantitative estimate of drug-likeness (QED) is 0.420. The average Bonchev–Trinajstić information content (AvgIpc) is 3.07. The maximum absolute atomic E-state index is 13.5. The summed E-state index contributed by atoms with van der Waals surface area (Å²) in [6.45, 7) is 7.72. The van der Waals surface area contributed by atoms with Crippen LogP contribution in [-0.2, 0) is 4.79 Å². The number of halogens is 1. The van der Waals surface area contributed by atoms with Crippen molar-refractivity contribution in [2.45, 2.75) is 40.2 Å². The summed E-state index contributed by atoms with van der Waals surface area (Å²) in [6.07, 6.45) is 1.88. The van der Waals surface area contributed by atoms with Gasteiger partial charge in [-0.25, -0.2) is 9.37 Å². The Morgan fingerprint density at radius 3 is 2.41 bits per heavy atom.